The Morgan fingerprint density at radius 2 is 1.46 bits per heavy atom. The van der Waals surface area contributed by atoms with E-state index < -0.39 is 11.9 Å². The Morgan fingerprint density at radius 1 is 0.885 bits per heavy atom. The molecule has 4 N–H and O–H groups in total. The van der Waals surface area contributed by atoms with Crippen LogP contribution in [-0.4, -0.2) is 22.1 Å². The predicted octanol–water partition coefficient (Wildman–Crippen LogP) is 3.74. The molecule has 0 aromatic heterocycles. The fourth-order valence-electron chi connectivity index (χ4n) is 2.51. The number of aliphatic carboxylic acids is 1. The number of fused-ring (bicyclic) bond motifs is 1. The van der Waals surface area contributed by atoms with Crippen molar-refractivity contribution in [2.45, 2.75) is 19.3 Å². The van der Waals surface area contributed by atoms with Gasteiger partial charge in [-0.1, -0.05) is 54.6 Å². The molecular weight excluding hydrogens is 330 g/mol. The van der Waals surface area contributed by atoms with Gasteiger partial charge in [0, 0.05) is 6.42 Å². The summed E-state index contributed by atoms with van der Waals surface area (Å²) < 4.78 is 0. The zero-order chi connectivity index (χ0) is 18.9. The number of aryl methyl sites for hydroxylation is 1. The molecule has 1 amide bonds. The Kier molecular flexibility index (Phi) is 6.74. The highest BCUT2D eigenvalue weighted by atomic mass is 16.4. The molecule has 5 heteroatoms. The second-order valence-electron chi connectivity index (χ2n) is 5.81. The third-order valence-corrected chi connectivity index (χ3v) is 3.83. The third kappa shape index (κ3) is 5.63. The first-order valence-corrected chi connectivity index (χ1v) is 8.24. The molecule has 26 heavy (non-hydrogen) atoms. The summed E-state index contributed by atoms with van der Waals surface area (Å²) in [6.45, 7) is 0. The molecule has 0 spiro atoms. The molecule has 0 bridgehead atoms. The fourth-order valence-corrected chi connectivity index (χ4v) is 2.51. The summed E-state index contributed by atoms with van der Waals surface area (Å²) in [7, 11) is 0. The van der Waals surface area contributed by atoms with E-state index in [0.29, 0.717) is 0 Å². The Morgan fingerprint density at radius 3 is 2.04 bits per heavy atom. The van der Waals surface area contributed by atoms with Gasteiger partial charge in [0.15, 0.2) is 0 Å². The maximum atomic E-state index is 10.9. The second kappa shape index (κ2) is 9.22. The normalized spacial score (nSPS) is 10.0. The number of carboxylic acids is 1. The highest BCUT2D eigenvalue weighted by Gasteiger charge is 2.08. The molecule has 0 unspecified atom stereocenters. The minimum Gasteiger partial charge on any atom is -0.507 e. The number of amides is 1. The summed E-state index contributed by atoms with van der Waals surface area (Å²) in [5.74, 6) is -1.41. The first kappa shape index (κ1) is 19.0. The Labute approximate surface area is 151 Å². The SMILES string of the molecule is NC(=O)c1cc2ccccc2cc1O.O=C(O)CCCc1ccccc1. The molecule has 0 fully saturated rings. The van der Waals surface area contributed by atoms with Gasteiger partial charge in [-0.2, -0.15) is 0 Å². The van der Waals surface area contributed by atoms with Gasteiger partial charge in [-0.05, 0) is 41.3 Å². The average Bonchev–Trinajstić information content (AvgIpc) is 2.62. The van der Waals surface area contributed by atoms with Crippen molar-refractivity contribution in [1.82, 2.24) is 0 Å². The van der Waals surface area contributed by atoms with Crippen LogP contribution in [0.25, 0.3) is 10.8 Å². The van der Waals surface area contributed by atoms with E-state index in [1.165, 1.54) is 11.6 Å². The minimum absolute atomic E-state index is 0.0730. The number of aromatic hydroxyl groups is 1. The molecule has 0 atom stereocenters. The average molecular weight is 351 g/mol. The Bertz CT molecular complexity index is 891. The Balaban J connectivity index is 0.000000190. The van der Waals surface area contributed by atoms with Crippen LogP contribution < -0.4 is 5.73 Å². The first-order valence-electron chi connectivity index (χ1n) is 8.24. The van der Waals surface area contributed by atoms with Crippen LogP contribution in [-0.2, 0) is 11.2 Å². The lowest BCUT2D eigenvalue weighted by atomic mass is 10.1. The second-order valence-corrected chi connectivity index (χ2v) is 5.81. The van der Waals surface area contributed by atoms with E-state index in [1.54, 1.807) is 6.07 Å². The van der Waals surface area contributed by atoms with Gasteiger partial charge < -0.3 is 15.9 Å². The number of carbonyl (C=O) groups is 2. The Hall–Kier alpha value is -3.34. The molecular formula is C21H21NO4. The van der Waals surface area contributed by atoms with E-state index in [2.05, 4.69) is 0 Å². The number of benzene rings is 3. The number of phenols is 1. The number of carboxylic acid groups (broad SMARTS) is 1. The summed E-state index contributed by atoms with van der Waals surface area (Å²) in [6.07, 6.45) is 1.83. The van der Waals surface area contributed by atoms with E-state index in [0.717, 1.165) is 23.6 Å². The van der Waals surface area contributed by atoms with Crippen molar-refractivity contribution in [2.75, 3.05) is 0 Å². The molecule has 0 aliphatic heterocycles. The van der Waals surface area contributed by atoms with E-state index >= 15 is 0 Å². The maximum Gasteiger partial charge on any atom is 0.303 e. The maximum absolute atomic E-state index is 10.9. The number of hydrogen-bond acceptors (Lipinski definition) is 3. The highest BCUT2D eigenvalue weighted by Crippen LogP contribution is 2.24. The smallest absolute Gasteiger partial charge is 0.303 e. The molecule has 3 rings (SSSR count). The molecule has 0 aliphatic rings. The topological polar surface area (TPSA) is 101 Å². The molecule has 0 saturated heterocycles. The van der Waals surface area contributed by atoms with Crippen molar-refractivity contribution in [2.24, 2.45) is 5.73 Å². The van der Waals surface area contributed by atoms with Gasteiger partial charge in [-0.15, -0.1) is 0 Å². The molecule has 5 nitrogen and oxygen atoms in total. The lowest BCUT2D eigenvalue weighted by molar-refractivity contribution is -0.137. The van der Waals surface area contributed by atoms with Crippen LogP contribution in [0.4, 0.5) is 0 Å². The van der Waals surface area contributed by atoms with Gasteiger partial charge in [0.1, 0.15) is 5.75 Å². The van der Waals surface area contributed by atoms with Gasteiger partial charge >= 0.3 is 5.97 Å². The molecule has 0 aliphatic carbocycles. The van der Waals surface area contributed by atoms with Gasteiger partial charge in [0.05, 0.1) is 5.56 Å². The van der Waals surface area contributed by atoms with E-state index in [-0.39, 0.29) is 17.7 Å². The van der Waals surface area contributed by atoms with Crippen molar-refractivity contribution >= 4 is 22.6 Å². The van der Waals surface area contributed by atoms with Gasteiger partial charge in [0.2, 0.25) is 0 Å². The molecule has 134 valence electrons. The van der Waals surface area contributed by atoms with E-state index in [1.807, 2.05) is 54.6 Å². The van der Waals surface area contributed by atoms with Crippen LogP contribution in [0.3, 0.4) is 0 Å². The fraction of sp³-hybridized carbons (Fsp3) is 0.143. The number of carbonyl (C=O) groups excluding carboxylic acids is 1. The van der Waals surface area contributed by atoms with E-state index in [4.69, 9.17) is 10.8 Å². The van der Waals surface area contributed by atoms with Gasteiger partial charge in [0.25, 0.3) is 5.91 Å². The molecule has 3 aromatic rings. The van der Waals surface area contributed by atoms with Crippen molar-refractivity contribution in [3.8, 4) is 5.75 Å². The van der Waals surface area contributed by atoms with Crippen LogP contribution in [0.15, 0.2) is 66.7 Å². The zero-order valence-corrected chi connectivity index (χ0v) is 14.3. The number of nitrogens with two attached hydrogens (primary N) is 1. The number of rotatable bonds is 5. The van der Waals surface area contributed by atoms with E-state index in [9.17, 15) is 14.7 Å². The monoisotopic (exact) mass is 351 g/mol. The first-order chi connectivity index (χ1) is 12.5. The van der Waals surface area contributed by atoms with Crippen LogP contribution in [0.2, 0.25) is 0 Å². The van der Waals surface area contributed by atoms with Gasteiger partial charge in [-0.3, -0.25) is 9.59 Å². The van der Waals surface area contributed by atoms with Crippen LogP contribution in [0.5, 0.6) is 5.75 Å². The summed E-state index contributed by atoms with van der Waals surface area (Å²) in [6, 6.07) is 20.5. The summed E-state index contributed by atoms with van der Waals surface area (Å²) >= 11 is 0. The molecule has 0 radical (unpaired) electrons. The van der Waals surface area contributed by atoms with Crippen molar-refractivity contribution in [3.63, 3.8) is 0 Å². The van der Waals surface area contributed by atoms with Crippen molar-refractivity contribution < 1.29 is 19.8 Å². The van der Waals surface area contributed by atoms with Crippen LogP contribution in [0, 0.1) is 0 Å². The predicted molar refractivity (Wildman–Crippen MR) is 101 cm³/mol. The summed E-state index contributed by atoms with van der Waals surface area (Å²) in [5, 5.41) is 19.6. The quantitative estimate of drug-likeness (QED) is 0.652. The molecule has 0 heterocycles. The largest absolute Gasteiger partial charge is 0.507 e. The van der Waals surface area contributed by atoms with Crippen molar-refractivity contribution in [1.29, 1.82) is 0 Å². The number of primary amides is 1. The highest BCUT2D eigenvalue weighted by molar-refractivity contribution is 6.00. The van der Waals surface area contributed by atoms with Crippen LogP contribution >= 0.6 is 0 Å². The third-order valence-electron chi connectivity index (χ3n) is 3.83. The van der Waals surface area contributed by atoms with Crippen molar-refractivity contribution in [3.05, 3.63) is 77.9 Å². The van der Waals surface area contributed by atoms with Crippen LogP contribution in [0.1, 0.15) is 28.8 Å². The molecule has 0 saturated carbocycles. The minimum atomic E-state index is -0.717. The standard InChI is InChI=1S/C11H9NO2.C10H12O2/c12-11(14)9-5-7-3-1-2-4-8(7)6-10(9)13;11-10(12)8-4-7-9-5-2-1-3-6-9/h1-6,13H,(H2,12,14);1-3,5-6H,4,7-8H2,(H,11,12). The summed E-state index contributed by atoms with van der Waals surface area (Å²) in [5.41, 5.74) is 6.47. The lowest BCUT2D eigenvalue weighted by Crippen LogP contribution is -2.10. The lowest BCUT2D eigenvalue weighted by Gasteiger charge is -2.02. The number of hydrogen-bond donors (Lipinski definition) is 3. The molecule has 3 aromatic carbocycles. The summed E-state index contributed by atoms with van der Waals surface area (Å²) in [4.78, 5) is 21.1. The zero-order valence-electron chi connectivity index (χ0n) is 14.3. The van der Waals surface area contributed by atoms with Gasteiger partial charge in [-0.25, -0.2) is 0 Å².